The zero-order chi connectivity index (χ0) is 13.2. The summed E-state index contributed by atoms with van der Waals surface area (Å²) < 4.78 is 15.9. The van der Waals surface area contributed by atoms with Gasteiger partial charge in [-0.1, -0.05) is 6.92 Å². The van der Waals surface area contributed by atoms with Crippen LogP contribution in [0.4, 0.5) is 0 Å². The molecule has 100 valence electrons. The molecule has 0 saturated heterocycles. The third-order valence-electron chi connectivity index (χ3n) is 2.33. The number of nitrogens with one attached hydrogen (secondary N) is 1. The van der Waals surface area contributed by atoms with Gasteiger partial charge in [-0.2, -0.15) is 0 Å². The number of hydrogen-bond donors (Lipinski definition) is 2. The minimum Gasteiger partial charge on any atom is -0.393 e. The normalized spacial score (nSPS) is 15.0. The van der Waals surface area contributed by atoms with Crippen molar-refractivity contribution in [1.82, 2.24) is 5.32 Å². The SMILES string of the molecule is CCC(C(C)O)[Si](OC)(OC)OC.CNC. The molecule has 0 aliphatic carbocycles. The van der Waals surface area contributed by atoms with Gasteiger partial charge in [-0.3, -0.25) is 0 Å². The first kappa shape index (κ1) is 18.4. The summed E-state index contributed by atoms with van der Waals surface area (Å²) in [4.78, 5) is 0. The van der Waals surface area contributed by atoms with Crippen molar-refractivity contribution < 1.29 is 18.4 Å². The Hall–Kier alpha value is 0.0169. The van der Waals surface area contributed by atoms with Gasteiger partial charge < -0.3 is 23.7 Å². The fourth-order valence-corrected chi connectivity index (χ4v) is 4.09. The Kier molecular flexibility index (Phi) is 11.7. The molecule has 0 heterocycles. The first-order valence-corrected chi connectivity index (χ1v) is 7.21. The van der Waals surface area contributed by atoms with Crippen LogP contribution >= 0.6 is 0 Å². The van der Waals surface area contributed by atoms with Crippen LogP contribution in [0.1, 0.15) is 20.3 Å². The van der Waals surface area contributed by atoms with E-state index >= 15 is 0 Å². The Labute approximate surface area is 100 Å². The lowest BCUT2D eigenvalue weighted by atomic mass is 10.2. The van der Waals surface area contributed by atoms with Crippen LogP contribution in [0.2, 0.25) is 5.54 Å². The number of aliphatic hydroxyl groups is 1. The highest BCUT2D eigenvalue weighted by Crippen LogP contribution is 2.30. The largest absolute Gasteiger partial charge is 0.506 e. The van der Waals surface area contributed by atoms with E-state index in [1.54, 1.807) is 28.3 Å². The van der Waals surface area contributed by atoms with Gasteiger partial charge in [0.25, 0.3) is 0 Å². The van der Waals surface area contributed by atoms with Crippen molar-refractivity contribution in [3.05, 3.63) is 0 Å². The van der Waals surface area contributed by atoms with E-state index in [9.17, 15) is 5.11 Å². The van der Waals surface area contributed by atoms with Crippen molar-refractivity contribution in [2.75, 3.05) is 35.4 Å². The molecular formula is C10H27NO4Si. The Morgan fingerprint density at radius 2 is 1.44 bits per heavy atom. The van der Waals surface area contributed by atoms with Gasteiger partial charge >= 0.3 is 8.80 Å². The van der Waals surface area contributed by atoms with E-state index in [4.69, 9.17) is 13.3 Å². The van der Waals surface area contributed by atoms with E-state index in [0.29, 0.717) is 0 Å². The molecular weight excluding hydrogens is 226 g/mol. The third kappa shape index (κ3) is 5.38. The minimum absolute atomic E-state index is 0.0625. The highest BCUT2D eigenvalue weighted by atomic mass is 28.4. The van der Waals surface area contributed by atoms with Gasteiger partial charge in [0, 0.05) is 21.3 Å². The molecule has 0 aliphatic heterocycles. The highest BCUT2D eigenvalue weighted by molar-refractivity contribution is 6.62. The molecule has 0 rings (SSSR count). The van der Waals surface area contributed by atoms with E-state index in [1.807, 2.05) is 21.0 Å². The zero-order valence-electron chi connectivity index (χ0n) is 11.5. The smallest absolute Gasteiger partial charge is 0.393 e. The minimum atomic E-state index is -2.66. The van der Waals surface area contributed by atoms with Crippen LogP contribution in [0.3, 0.4) is 0 Å². The predicted molar refractivity (Wildman–Crippen MR) is 67.5 cm³/mol. The summed E-state index contributed by atoms with van der Waals surface area (Å²) in [6.45, 7) is 3.71. The topological polar surface area (TPSA) is 60.0 Å². The average molecular weight is 253 g/mol. The predicted octanol–water partition coefficient (Wildman–Crippen LogP) is 0.861. The standard InChI is InChI=1S/C8H20O4Si.C2H7N/c1-6-8(7(2)9)13(10-3,11-4)12-5;1-3-2/h7-9H,6H2,1-5H3;3H,1-2H3. The monoisotopic (exact) mass is 253 g/mol. The lowest BCUT2D eigenvalue weighted by molar-refractivity contribution is 0.0757. The zero-order valence-corrected chi connectivity index (χ0v) is 12.5. The van der Waals surface area contributed by atoms with Crippen LogP contribution in [-0.4, -0.2) is 55.4 Å². The second-order valence-electron chi connectivity index (χ2n) is 3.47. The maximum atomic E-state index is 9.54. The molecule has 0 fully saturated rings. The molecule has 0 bridgehead atoms. The second kappa shape index (κ2) is 10.2. The van der Waals surface area contributed by atoms with Crippen LogP contribution in [0.25, 0.3) is 0 Å². The first-order valence-electron chi connectivity index (χ1n) is 5.41. The molecule has 0 aromatic carbocycles. The Morgan fingerprint density at radius 1 is 1.12 bits per heavy atom. The van der Waals surface area contributed by atoms with Crippen molar-refractivity contribution >= 4 is 8.80 Å². The Balaban J connectivity index is 0. The lowest BCUT2D eigenvalue weighted by Crippen LogP contribution is -2.50. The van der Waals surface area contributed by atoms with Crippen molar-refractivity contribution in [1.29, 1.82) is 0 Å². The van der Waals surface area contributed by atoms with Crippen LogP contribution < -0.4 is 5.32 Å². The average Bonchev–Trinajstić information content (AvgIpc) is 2.26. The number of rotatable bonds is 6. The van der Waals surface area contributed by atoms with Crippen LogP contribution in [0, 0.1) is 0 Å². The highest BCUT2D eigenvalue weighted by Gasteiger charge is 2.48. The summed E-state index contributed by atoms with van der Waals surface area (Å²) in [6.07, 6.45) is 0.302. The summed E-state index contributed by atoms with van der Waals surface area (Å²) in [5.41, 5.74) is -0.0625. The maximum absolute atomic E-state index is 9.54. The molecule has 0 amide bonds. The van der Waals surface area contributed by atoms with Gasteiger partial charge in [-0.05, 0) is 27.4 Å². The molecule has 5 nitrogen and oxygen atoms in total. The molecule has 2 N–H and O–H groups in total. The quantitative estimate of drug-likeness (QED) is 0.688. The molecule has 0 spiro atoms. The summed E-state index contributed by atoms with van der Waals surface area (Å²) in [7, 11) is 5.77. The molecule has 16 heavy (non-hydrogen) atoms. The fraction of sp³-hybridized carbons (Fsp3) is 1.00. The van der Waals surface area contributed by atoms with Gasteiger partial charge in [0.15, 0.2) is 0 Å². The van der Waals surface area contributed by atoms with Crippen molar-refractivity contribution in [3.63, 3.8) is 0 Å². The summed E-state index contributed by atoms with van der Waals surface area (Å²) in [5.74, 6) is 0. The summed E-state index contributed by atoms with van der Waals surface area (Å²) in [5, 5.41) is 12.3. The van der Waals surface area contributed by atoms with Gasteiger partial charge in [0.1, 0.15) is 0 Å². The Morgan fingerprint density at radius 3 is 1.50 bits per heavy atom. The maximum Gasteiger partial charge on any atom is 0.506 e. The van der Waals surface area contributed by atoms with Crippen molar-refractivity contribution in [2.24, 2.45) is 0 Å². The Bertz CT molecular complexity index is 145. The van der Waals surface area contributed by atoms with Gasteiger partial charge in [0.2, 0.25) is 0 Å². The van der Waals surface area contributed by atoms with Gasteiger partial charge in [0.05, 0.1) is 11.6 Å². The van der Waals surface area contributed by atoms with E-state index in [0.717, 1.165) is 6.42 Å². The first-order chi connectivity index (χ1) is 7.49. The van der Waals surface area contributed by atoms with E-state index in [2.05, 4.69) is 5.32 Å². The summed E-state index contributed by atoms with van der Waals surface area (Å²) >= 11 is 0. The number of hydrogen-bond acceptors (Lipinski definition) is 5. The molecule has 6 heteroatoms. The third-order valence-corrected chi connectivity index (χ3v) is 5.84. The second-order valence-corrected chi connectivity index (χ2v) is 6.64. The fourth-order valence-electron chi connectivity index (χ4n) is 1.59. The molecule has 0 aromatic rings. The molecule has 0 radical (unpaired) electrons. The molecule has 0 aliphatic rings. The molecule has 2 atom stereocenters. The van der Waals surface area contributed by atoms with Gasteiger partial charge in [-0.25, -0.2) is 0 Å². The molecule has 2 unspecified atom stereocenters. The van der Waals surface area contributed by atoms with E-state index in [1.165, 1.54) is 0 Å². The molecule has 0 aromatic heterocycles. The van der Waals surface area contributed by atoms with Crippen LogP contribution in [-0.2, 0) is 13.3 Å². The van der Waals surface area contributed by atoms with Gasteiger partial charge in [-0.15, -0.1) is 0 Å². The number of aliphatic hydroxyl groups excluding tert-OH is 1. The van der Waals surface area contributed by atoms with Crippen LogP contribution in [0.15, 0.2) is 0 Å². The van der Waals surface area contributed by atoms with Crippen molar-refractivity contribution in [2.45, 2.75) is 31.9 Å². The lowest BCUT2D eigenvalue weighted by Gasteiger charge is -2.33. The van der Waals surface area contributed by atoms with E-state index < -0.39 is 14.9 Å². The van der Waals surface area contributed by atoms with Crippen LogP contribution in [0.5, 0.6) is 0 Å². The molecule has 0 saturated carbocycles. The van der Waals surface area contributed by atoms with E-state index in [-0.39, 0.29) is 5.54 Å². The summed E-state index contributed by atoms with van der Waals surface area (Å²) in [6, 6.07) is 0. The van der Waals surface area contributed by atoms with Crippen molar-refractivity contribution in [3.8, 4) is 0 Å².